The zero-order valence-electron chi connectivity index (χ0n) is 12.0. The van der Waals surface area contributed by atoms with E-state index >= 15 is 0 Å². The second kappa shape index (κ2) is 5.66. The molecule has 2 atom stereocenters. The number of hydrogen-bond donors (Lipinski definition) is 1. The van der Waals surface area contributed by atoms with Gasteiger partial charge in [0.05, 0.1) is 6.04 Å². The second-order valence-electron chi connectivity index (χ2n) is 6.25. The molecule has 3 nitrogen and oxygen atoms in total. The smallest absolute Gasteiger partial charge is 0.223 e. The fourth-order valence-electron chi connectivity index (χ4n) is 2.82. The van der Waals surface area contributed by atoms with E-state index in [1.807, 2.05) is 43.9 Å². The Balaban J connectivity index is 2.50. The van der Waals surface area contributed by atoms with Crippen molar-refractivity contribution in [2.75, 3.05) is 0 Å². The molecule has 1 fully saturated rings. The standard InChI is InChI=1S/C15H20BrClN2O/c1-15(2,3)19-13(20)7-6-12(18)14(19)10-5-4-9(16)8-11(10)17/h4-5,8,12,14H,6-7,18H2,1-3H3. The van der Waals surface area contributed by atoms with Crippen LogP contribution >= 0.6 is 27.5 Å². The van der Waals surface area contributed by atoms with Gasteiger partial charge in [-0.3, -0.25) is 4.79 Å². The highest BCUT2D eigenvalue weighted by Crippen LogP contribution is 2.39. The zero-order valence-corrected chi connectivity index (χ0v) is 14.3. The molecular weight excluding hydrogens is 340 g/mol. The van der Waals surface area contributed by atoms with Gasteiger partial charge in [-0.2, -0.15) is 0 Å². The van der Waals surface area contributed by atoms with E-state index in [0.29, 0.717) is 17.9 Å². The van der Waals surface area contributed by atoms with Gasteiger partial charge in [0.15, 0.2) is 0 Å². The number of benzene rings is 1. The molecule has 20 heavy (non-hydrogen) atoms. The Morgan fingerprint density at radius 2 is 2.05 bits per heavy atom. The second-order valence-corrected chi connectivity index (χ2v) is 7.57. The first-order chi connectivity index (χ1) is 9.21. The molecule has 0 bridgehead atoms. The van der Waals surface area contributed by atoms with Crippen LogP contribution in [0.25, 0.3) is 0 Å². The van der Waals surface area contributed by atoms with Crippen molar-refractivity contribution in [2.24, 2.45) is 5.73 Å². The lowest BCUT2D eigenvalue weighted by molar-refractivity contribution is -0.144. The predicted octanol–water partition coefficient (Wildman–Crippen LogP) is 3.89. The van der Waals surface area contributed by atoms with Crippen LogP contribution in [0.1, 0.15) is 45.2 Å². The lowest BCUT2D eigenvalue weighted by atomic mass is 9.86. The van der Waals surface area contributed by atoms with E-state index in [1.165, 1.54) is 0 Å². The van der Waals surface area contributed by atoms with Crippen molar-refractivity contribution in [3.63, 3.8) is 0 Å². The van der Waals surface area contributed by atoms with Gasteiger partial charge in [0.1, 0.15) is 0 Å². The summed E-state index contributed by atoms with van der Waals surface area (Å²) in [6.45, 7) is 6.09. The number of rotatable bonds is 1. The first-order valence-corrected chi connectivity index (χ1v) is 7.91. The van der Waals surface area contributed by atoms with Crippen molar-refractivity contribution in [3.8, 4) is 0 Å². The first kappa shape index (κ1) is 15.8. The molecule has 2 unspecified atom stereocenters. The van der Waals surface area contributed by atoms with Crippen LogP contribution in [0.2, 0.25) is 5.02 Å². The van der Waals surface area contributed by atoms with Crippen molar-refractivity contribution < 1.29 is 4.79 Å². The van der Waals surface area contributed by atoms with Crippen molar-refractivity contribution in [1.82, 2.24) is 4.90 Å². The minimum Gasteiger partial charge on any atom is -0.329 e. The van der Waals surface area contributed by atoms with E-state index in [2.05, 4.69) is 15.9 Å². The number of carbonyl (C=O) groups excluding carboxylic acids is 1. The zero-order chi connectivity index (χ0) is 15.1. The van der Waals surface area contributed by atoms with Gasteiger partial charge in [0.2, 0.25) is 5.91 Å². The van der Waals surface area contributed by atoms with Gasteiger partial charge in [0.25, 0.3) is 0 Å². The van der Waals surface area contributed by atoms with E-state index in [9.17, 15) is 4.79 Å². The Kier molecular flexibility index (Phi) is 4.47. The number of halogens is 2. The van der Waals surface area contributed by atoms with Crippen molar-refractivity contribution in [2.45, 2.75) is 51.2 Å². The maximum Gasteiger partial charge on any atom is 0.223 e. The van der Waals surface area contributed by atoms with Crippen molar-refractivity contribution in [3.05, 3.63) is 33.3 Å². The van der Waals surface area contributed by atoms with Crippen LogP contribution in [0.3, 0.4) is 0 Å². The lowest BCUT2D eigenvalue weighted by Crippen LogP contribution is -2.56. The first-order valence-electron chi connectivity index (χ1n) is 6.74. The summed E-state index contributed by atoms with van der Waals surface area (Å²) in [6.07, 6.45) is 1.20. The van der Waals surface area contributed by atoms with Crippen LogP contribution in [-0.2, 0) is 4.79 Å². The van der Waals surface area contributed by atoms with Crippen LogP contribution < -0.4 is 5.73 Å². The van der Waals surface area contributed by atoms with Crippen LogP contribution in [0.4, 0.5) is 0 Å². The third-order valence-electron chi connectivity index (χ3n) is 3.65. The molecule has 1 amide bonds. The predicted molar refractivity (Wildman–Crippen MR) is 85.7 cm³/mol. The quantitative estimate of drug-likeness (QED) is 0.827. The number of nitrogens with two attached hydrogens (primary N) is 1. The summed E-state index contributed by atoms with van der Waals surface area (Å²) in [5, 5.41) is 0.642. The molecule has 0 aliphatic carbocycles. The molecule has 1 saturated heterocycles. The van der Waals surface area contributed by atoms with E-state index in [4.69, 9.17) is 17.3 Å². The summed E-state index contributed by atoms with van der Waals surface area (Å²) in [4.78, 5) is 14.3. The fraction of sp³-hybridized carbons (Fsp3) is 0.533. The van der Waals surface area contributed by atoms with Gasteiger partial charge in [-0.05, 0) is 44.9 Å². The van der Waals surface area contributed by atoms with Gasteiger partial charge >= 0.3 is 0 Å². The number of amides is 1. The highest BCUT2D eigenvalue weighted by Gasteiger charge is 2.41. The van der Waals surface area contributed by atoms with E-state index < -0.39 is 0 Å². The van der Waals surface area contributed by atoms with Gasteiger partial charge in [-0.15, -0.1) is 0 Å². The molecule has 0 radical (unpaired) electrons. The van der Waals surface area contributed by atoms with E-state index in [1.54, 1.807) is 0 Å². The largest absolute Gasteiger partial charge is 0.329 e. The summed E-state index contributed by atoms with van der Waals surface area (Å²) in [5.74, 6) is 0.142. The summed E-state index contributed by atoms with van der Waals surface area (Å²) in [5.41, 5.74) is 6.94. The molecule has 1 heterocycles. The maximum absolute atomic E-state index is 12.4. The molecule has 5 heteroatoms. The number of carbonyl (C=O) groups is 1. The topological polar surface area (TPSA) is 46.3 Å². The molecule has 1 aromatic carbocycles. The average Bonchev–Trinajstić information content (AvgIpc) is 2.31. The Morgan fingerprint density at radius 1 is 1.40 bits per heavy atom. The fourth-order valence-corrected chi connectivity index (χ4v) is 3.60. The van der Waals surface area contributed by atoms with E-state index in [-0.39, 0.29) is 23.5 Å². The summed E-state index contributed by atoms with van der Waals surface area (Å²) < 4.78 is 0.921. The lowest BCUT2D eigenvalue weighted by Gasteiger charge is -2.47. The maximum atomic E-state index is 12.4. The van der Waals surface area contributed by atoms with Crippen LogP contribution in [0.15, 0.2) is 22.7 Å². The van der Waals surface area contributed by atoms with Crippen molar-refractivity contribution in [1.29, 1.82) is 0 Å². The molecule has 1 aliphatic rings. The molecular formula is C15H20BrClN2O. The number of piperidine rings is 1. The molecule has 1 aliphatic heterocycles. The average molecular weight is 360 g/mol. The Morgan fingerprint density at radius 3 is 2.60 bits per heavy atom. The number of hydrogen-bond acceptors (Lipinski definition) is 2. The van der Waals surface area contributed by atoms with Crippen LogP contribution in [0.5, 0.6) is 0 Å². The molecule has 1 aromatic rings. The van der Waals surface area contributed by atoms with Crippen LogP contribution in [-0.4, -0.2) is 22.4 Å². The summed E-state index contributed by atoms with van der Waals surface area (Å²) >= 11 is 9.77. The van der Waals surface area contributed by atoms with Gasteiger partial charge in [-0.25, -0.2) is 0 Å². The Bertz CT molecular complexity index is 527. The van der Waals surface area contributed by atoms with Crippen molar-refractivity contribution >= 4 is 33.4 Å². The molecule has 0 saturated carbocycles. The normalized spacial score (nSPS) is 24.1. The third kappa shape index (κ3) is 3.02. The summed E-state index contributed by atoms with van der Waals surface area (Å²) in [6, 6.07) is 5.48. The number of likely N-dealkylation sites (tertiary alicyclic amines) is 1. The monoisotopic (exact) mass is 358 g/mol. The van der Waals surface area contributed by atoms with Gasteiger partial charge in [0, 0.05) is 27.5 Å². The van der Waals surface area contributed by atoms with Crippen LogP contribution in [0, 0.1) is 0 Å². The minimum atomic E-state index is -0.282. The highest BCUT2D eigenvalue weighted by atomic mass is 79.9. The SMILES string of the molecule is CC(C)(C)N1C(=O)CCC(N)C1c1ccc(Br)cc1Cl. The number of nitrogens with zero attached hydrogens (tertiary/aromatic N) is 1. The molecule has 0 aromatic heterocycles. The Hall–Kier alpha value is -0.580. The third-order valence-corrected chi connectivity index (χ3v) is 4.47. The molecule has 110 valence electrons. The highest BCUT2D eigenvalue weighted by molar-refractivity contribution is 9.10. The molecule has 2 rings (SSSR count). The summed E-state index contributed by atoms with van der Waals surface area (Å²) in [7, 11) is 0. The molecule has 2 N–H and O–H groups in total. The van der Waals surface area contributed by atoms with Gasteiger partial charge in [-0.1, -0.05) is 33.6 Å². The van der Waals surface area contributed by atoms with Gasteiger partial charge < -0.3 is 10.6 Å². The Labute approximate surface area is 133 Å². The molecule has 0 spiro atoms. The van der Waals surface area contributed by atoms with E-state index in [0.717, 1.165) is 10.0 Å². The minimum absolute atomic E-state index is 0.0920.